The molecule has 0 aliphatic carbocycles. The lowest BCUT2D eigenvalue weighted by Crippen LogP contribution is -2.27. The van der Waals surface area contributed by atoms with E-state index in [0.29, 0.717) is 5.92 Å². The minimum Gasteiger partial charge on any atom is -0.317 e. The van der Waals surface area contributed by atoms with Crippen LogP contribution < -0.4 is 5.32 Å². The molecular formula is C12H15F2N. The highest BCUT2D eigenvalue weighted by molar-refractivity contribution is 5.31. The lowest BCUT2D eigenvalue weighted by Gasteiger charge is -2.24. The van der Waals surface area contributed by atoms with Crippen LogP contribution >= 0.6 is 0 Å². The monoisotopic (exact) mass is 211 g/mol. The van der Waals surface area contributed by atoms with Crippen molar-refractivity contribution in [2.75, 3.05) is 13.1 Å². The van der Waals surface area contributed by atoms with Crippen molar-refractivity contribution >= 4 is 0 Å². The Bertz CT molecular complexity index is 357. The Morgan fingerprint density at radius 1 is 1.13 bits per heavy atom. The fourth-order valence-electron chi connectivity index (χ4n) is 2.23. The van der Waals surface area contributed by atoms with E-state index in [0.717, 1.165) is 37.1 Å². The van der Waals surface area contributed by atoms with Crippen LogP contribution in [0.15, 0.2) is 12.1 Å². The molecule has 0 radical (unpaired) electrons. The Kier molecular flexibility index (Phi) is 3.00. The zero-order valence-corrected chi connectivity index (χ0v) is 8.82. The number of hydrogen-bond acceptors (Lipinski definition) is 1. The summed E-state index contributed by atoms with van der Waals surface area (Å²) in [5, 5.41) is 3.26. The summed E-state index contributed by atoms with van der Waals surface area (Å²) in [5.74, 6) is -1.10. The number of benzene rings is 1. The molecule has 0 atom stereocenters. The smallest absolute Gasteiger partial charge is 0.159 e. The topological polar surface area (TPSA) is 12.0 Å². The molecule has 0 unspecified atom stereocenters. The van der Waals surface area contributed by atoms with Gasteiger partial charge in [0.2, 0.25) is 0 Å². The van der Waals surface area contributed by atoms with Gasteiger partial charge in [-0.1, -0.05) is 0 Å². The van der Waals surface area contributed by atoms with Gasteiger partial charge in [0.1, 0.15) is 0 Å². The Hall–Kier alpha value is -0.960. The third kappa shape index (κ3) is 2.17. The molecule has 1 aromatic rings. The van der Waals surface area contributed by atoms with Crippen molar-refractivity contribution in [3.05, 3.63) is 34.9 Å². The van der Waals surface area contributed by atoms with Crippen molar-refractivity contribution in [2.45, 2.75) is 25.7 Å². The SMILES string of the molecule is Cc1cc(F)c(F)cc1C1CCNCC1. The zero-order valence-electron chi connectivity index (χ0n) is 8.82. The number of nitrogens with one attached hydrogen (secondary N) is 1. The van der Waals surface area contributed by atoms with Gasteiger partial charge in [0, 0.05) is 0 Å². The van der Waals surface area contributed by atoms with Crippen molar-refractivity contribution in [1.29, 1.82) is 0 Å². The van der Waals surface area contributed by atoms with Gasteiger partial charge >= 0.3 is 0 Å². The summed E-state index contributed by atoms with van der Waals surface area (Å²) < 4.78 is 26.1. The second-order valence-corrected chi connectivity index (χ2v) is 4.15. The largest absolute Gasteiger partial charge is 0.317 e. The molecule has 0 spiro atoms. The van der Waals surface area contributed by atoms with Crippen LogP contribution in [0.2, 0.25) is 0 Å². The van der Waals surface area contributed by atoms with Crippen LogP contribution in [0.5, 0.6) is 0 Å². The lowest BCUT2D eigenvalue weighted by atomic mass is 9.87. The van der Waals surface area contributed by atoms with Crippen LogP contribution in [0.3, 0.4) is 0 Å². The minimum atomic E-state index is -0.745. The van der Waals surface area contributed by atoms with Gasteiger partial charge in [-0.15, -0.1) is 0 Å². The molecule has 1 saturated heterocycles. The molecule has 15 heavy (non-hydrogen) atoms. The number of halogens is 2. The number of aryl methyl sites for hydroxylation is 1. The molecule has 1 aliphatic heterocycles. The Morgan fingerprint density at radius 2 is 1.73 bits per heavy atom. The van der Waals surface area contributed by atoms with E-state index in [1.54, 1.807) is 0 Å². The van der Waals surface area contributed by atoms with E-state index in [4.69, 9.17) is 0 Å². The first-order chi connectivity index (χ1) is 7.18. The minimum absolute atomic E-state index is 0.376. The zero-order chi connectivity index (χ0) is 10.8. The quantitative estimate of drug-likeness (QED) is 0.753. The maximum atomic E-state index is 13.1. The third-order valence-corrected chi connectivity index (χ3v) is 3.09. The molecule has 3 heteroatoms. The van der Waals surface area contributed by atoms with Crippen molar-refractivity contribution in [1.82, 2.24) is 5.32 Å². The maximum Gasteiger partial charge on any atom is 0.159 e. The third-order valence-electron chi connectivity index (χ3n) is 3.09. The Morgan fingerprint density at radius 3 is 2.40 bits per heavy atom. The first-order valence-corrected chi connectivity index (χ1v) is 5.34. The predicted octanol–water partition coefficient (Wildman–Crippen LogP) is 2.74. The van der Waals surface area contributed by atoms with Gasteiger partial charge in [-0.25, -0.2) is 8.78 Å². The van der Waals surface area contributed by atoms with E-state index < -0.39 is 11.6 Å². The molecule has 1 fully saturated rings. The van der Waals surface area contributed by atoms with Crippen LogP contribution in [0.1, 0.15) is 29.9 Å². The van der Waals surface area contributed by atoms with Gasteiger partial charge in [0.05, 0.1) is 0 Å². The predicted molar refractivity (Wildman–Crippen MR) is 55.9 cm³/mol. The van der Waals surface area contributed by atoms with E-state index in [9.17, 15) is 8.78 Å². The fourth-order valence-corrected chi connectivity index (χ4v) is 2.23. The molecule has 1 N–H and O–H groups in total. The van der Waals surface area contributed by atoms with E-state index in [2.05, 4.69) is 5.32 Å². The molecule has 1 nitrogen and oxygen atoms in total. The van der Waals surface area contributed by atoms with Gasteiger partial charge in [-0.3, -0.25) is 0 Å². The van der Waals surface area contributed by atoms with Crippen LogP contribution in [-0.4, -0.2) is 13.1 Å². The molecular weight excluding hydrogens is 196 g/mol. The van der Waals surface area contributed by atoms with Gasteiger partial charge in [0.25, 0.3) is 0 Å². The average molecular weight is 211 g/mol. The number of piperidine rings is 1. The molecule has 2 rings (SSSR count). The second-order valence-electron chi connectivity index (χ2n) is 4.15. The van der Waals surface area contributed by atoms with Crippen molar-refractivity contribution < 1.29 is 8.78 Å². The van der Waals surface area contributed by atoms with Crippen molar-refractivity contribution in [3.8, 4) is 0 Å². The summed E-state index contributed by atoms with van der Waals surface area (Å²) in [6.45, 7) is 3.77. The first kappa shape index (κ1) is 10.6. The van der Waals surface area contributed by atoms with Crippen LogP contribution in [0.4, 0.5) is 8.78 Å². The summed E-state index contributed by atoms with van der Waals surface area (Å²) in [4.78, 5) is 0. The summed E-state index contributed by atoms with van der Waals surface area (Å²) >= 11 is 0. The summed E-state index contributed by atoms with van der Waals surface area (Å²) in [6, 6.07) is 2.66. The molecule has 0 saturated carbocycles. The van der Waals surface area contributed by atoms with Crippen LogP contribution in [0.25, 0.3) is 0 Å². The maximum absolute atomic E-state index is 13.1. The molecule has 1 heterocycles. The van der Waals surface area contributed by atoms with Gasteiger partial charge in [-0.05, 0) is 62.0 Å². The second kappa shape index (κ2) is 4.27. The molecule has 1 aromatic carbocycles. The van der Waals surface area contributed by atoms with Crippen molar-refractivity contribution in [2.24, 2.45) is 0 Å². The van der Waals surface area contributed by atoms with Crippen LogP contribution in [-0.2, 0) is 0 Å². The summed E-state index contributed by atoms with van der Waals surface area (Å²) in [6.07, 6.45) is 2.01. The van der Waals surface area contributed by atoms with E-state index in [-0.39, 0.29) is 0 Å². The summed E-state index contributed by atoms with van der Waals surface area (Å²) in [7, 11) is 0. The van der Waals surface area contributed by atoms with Gasteiger partial charge in [0.15, 0.2) is 11.6 Å². The Labute approximate surface area is 88.5 Å². The molecule has 0 bridgehead atoms. The van der Waals surface area contributed by atoms with Gasteiger partial charge in [-0.2, -0.15) is 0 Å². The van der Waals surface area contributed by atoms with E-state index in [1.807, 2.05) is 6.92 Å². The number of hydrogen-bond donors (Lipinski definition) is 1. The highest BCUT2D eigenvalue weighted by Crippen LogP contribution is 2.29. The van der Waals surface area contributed by atoms with Gasteiger partial charge < -0.3 is 5.32 Å². The lowest BCUT2D eigenvalue weighted by molar-refractivity contribution is 0.452. The standard InChI is InChI=1S/C12H15F2N/c1-8-6-11(13)12(14)7-10(8)9-2-4-15-5-3-9/h6-7,9,15H,2-5H2,1H3. The normalized spacial score (nSPS) is 18.1. The molecule has 82 valence electrons. The average Bonchev–Trinajstić information content (AvgIpc) is 2.25. The Balaban J connectivity index is 2.30. The summed E-state index contributed by atoms with van der Waals surface area (Å²) in [5.41, 5.74) is 1.83. The van der Waals surface area contributed by atoms with E-state index in [1.165, 1.54) is 12.1 Å². The van der Waals surface area contributed by atoms with E-state index >= 15 is 0 Å². The molecule has 0 aromatic heterocycles. The molecule has 1 aliphatic rings. The fraction of sp³-hybridized carbons (Fsp3) is 0.500. The van der Waals surface area contributed by atoms with Crippen LogP contribution in [0, 0.1) is 18.6 Å². The highest BCUT2D eigenvalue weighted by Gasteiger charge is 2.18. The first-order valence-electron chi connectivity index (χ1n) is 5.34. The number of rotatable bonds is 1. The highest BCUT2D eigenvalue weighted by atomic mass is 19.2. The van der Waals surface area contributed by atoms with Crippen molar-refractivity contribution in [3.63, 3.8) is 0 Å². The molecule has 0 amide bonds.